The fourth-order valence-electron chi connectivity index (χ4n) is 4.41. The highest BCUT2D eigenvalue weighted by atomic mass is 32.1. The molecule has 2 fully saturated rings. The molecule has 0 unspecified atom stereocenters. The Balaban J connectivity index is 1.44. The topological polar surface area (TPSA) is 60.5 Å². The maximum Gasteiger partial charge on any atom is 0.416 e. The maximum absolute atomic E-state index is 13.3. The van der Waals surface area contributed by atoms with Crippen LogP contribution in [-0.2, 0) is 6.18 Å². The van der Waals surface area contributed by atoms with E-state index in [2.05, 4.69) is 27.1 Å². The zero-order valence-corrected chi connectivity index (χ0v) is 20.9. The Hall–Kier alpha value is -2.66. The number of benzene rings is 1. The molecule has 1 amide bonds. The largest absolute Gasteiger partial charge is 0.416 e. The summed E-state index contributed by atoms with van der Waals surface area (Å²) in [6, 6.07) is 3.52. The minimum Gasteiger partial charge on any atom is -0.370 e. The number of nitrogens with zero attached hydrogens (tertiary/aromatic N) is 3. The van der Waals surface area contributed by atoms with Crippen molar-refractivity contribution in [2.75, 3.05) is 42.9 Å². The lowest BCUT2D eigenvalue weighted by Crippen LogP contribution is -2.43. The molecule has 1 aromatic carbocycles. The van der Waals surface area contributed by atoms with Gasteiger partial charge in [0.05, 0.1) is 21.9 Å². The predicted molar refractivity (Wildman–Crippen MR) is 137 cm³/mol. The van der Waals surface area contributed by atoms with Gasteiger partial charge in [-0.3, -0.25) is 4.79 Å². The smallest absolute Gasteiger partial charge is 0.370 e. The van der Waals surface area contributed by atoms with E-state index in [1.807, 2.05) is 4.90 Å². The number of likely N-dealkylation sites (tertiary alicyclic amines) is 1. The van der Waals surface area contributed by atoms with Crippen LogP contribution < -0.4 is 15.5 Å². The first-order valence-electron chi connectivity index (χ1n) is 11.6. The summed E-state index contributed by atoms with van der Waals surface area (Å²) < 4.78 is 40.0. The average Bonchev–Trinajstić information content (AvgIpc) is 3.55. The van der Waals surface area contributed by atoms with Crippen LogP contribution in [0.3, 0.4) is 0 Å². The summed E-state index contributed by atoms with van der Waals surface area (Å²) in [4.78, 5) is 21.6. The Labute approximate surface area is 212 Å². The molecule has 0 radical (unpaired) electrons. The SMILES string of the molecule is C=CCNC(=S)N1CCC(c2nc(C(=O)Nc3cc(C(F)(F)F)ccc3N3CCCC3)cs2)CC1. The van der Waals surface area contributed by atoms with Crippen LogP contribution in [-0.4, -0.2) is 53.6 Å². The third-order valence-corrected chi connectivity index (χ3v) is 7.71. The third kappa shape index (κ3) is 6.13. The number of carbonyl (C=O) groups is 1. The third-order valence-electron chi connectivity index (χ3n) is 6.30. The van der Waals surface area contributed by atoms with Crippen LogP contribution in [0.15, 0.2) is 36.2 Å². The molecule has 2 aliphatic rings. The molecular weight excluding hydrogens is 495 g/mol. The molecule has 2 aromatic rings. The van der Waals surface area contributed by atoms with Crippen LogP contribution in [0.5, 0.6) is 0 Å². The summed E-state index contributed by atoms with van der Waals surface area (Å²) in [7, 11) is 0. The summed E-state index contributed by atoms with van der Waals surface area (Å²) in [6.07, 6.45) is 0.924. The van der Waals surface area contributed by atoms with Gasteiger partial charge in [-0.05, 0) is 56.1 Å². The van der Waals surface area contributed by atoms with Gasteiger partial charge in [-0.2, -0.15) is 13.2 Å². The summed E-state index contributed by atoms with van der Waals surface area (Å²) in [5, 5.41) is 9.08. The zero-order chi connectivity index (χ0) is 25.0. The number of piperidine rings is 1. The fraction of sp³-hybridized carbons (Fsp3) is 0.458. The Morgan fingerprint density at radius 1 is 1.23 bits per heavy atom. The van der Waals surface area contributed by atoms with E-state index in [-0.39, 0.29) is 17.3 Å². The predicted octanol–water partition coefficient (Wildman–Crippen LogP) is 5.25. The van der Waals surface area contributed by atoms with E-state index in [9.17, 15) is 18.0 Å². The molecule has 2 N–H and O–H groups in total. The molecule has 0 spiro atoms. The van der Waals surface area contributed by atoms with E-state index < -0.39 is 17.6 Å². The van der Waals surface area contributed by atoms with Crippen LogP contribution >= 0.6 is 23.6 Å². The van der Waals surface area contributed by atoms with Crippen molar-refractivity contribution in [3.8, 4) is 0 Å². The Morgan fingerprint density at radius 3 is 2.60 bits per heavy atom. The van der Waals surface area contributed by atoms with Gasteiger partial charge in [0.2, 0.25) is 0 Å². The first-order valence-corrected chi connectivity index (χ1v) is 12.9. The molecule has 35 heavy (non-hydrogen) atoms. The highest BCUT2D eigenvalue weighted by molar-refractivity contribution is 7.80. The van der Waals surface area contributed by atoms with Gasteiger partial charge in [0, 0.05) is 44.0 Å². The zero-order valence-electron chi connectivity index (χ0n) is 19.2. The lowest BCUT2D eigenvalue weighted by Gasteiger charge is -2.33. The average molecular weight is 524 g/mol. The molecule has 1 aromatic heterocycles. The van der Waals surface area contributed by atoms with Gasteiger partial charge in [0.1, 0.15) is 5.69 Å². The second-order valence-electron chi connectivity index (χ2n) is 8.69. The van der Waals surface area contributed by atoms with Crippen molar-refractivity contribution in [3.63, 3.8) is 0 Å². The number of halogens is 3. The summed E-state index contributed by atoms with van der Waals surface area (Å²) in [5.74, 6) is -0.284. The molecule has 188 valence electrons. The Kier molecular flexibility index (Phi) is 7.95. The number of amides is 1. The first kappa shape index (κ1) is 25.4. The van der Waals surface area contributed by atoms with Gasteiger partial charge < -0.3 is 20.4 Å². The standard InChI is InChI=1S/C24H28F3N5OS2/c1-2-9-28-23(34)32-12-7-16(8-13-32)22-30-19(15-35-22)21(33)29-18-14-17(24(25,26)27)5-6-20(18)31-10-3-4-11-31/h2,5-6,14-16H,1,3-4,7-13H2,(H,28,34)(H,29,33). The highest BCUT2D eigenvalue weighted by Crippen LogP contribution is 2.37. The van der Waals surface area contributed by atoms with Gasteiger partial charge in [0.15, 0.2) is 5.11 Å². The lowest BCUT2D eigenvalue weighted by molar-refractivity contribution is -0.137. The van der Waals surface area contributed by atoms with Crippen molar-refractivity contribution < 1.29 is 18.0 Å². The number of rotatable bonds is 6. The number of thiocarbonyl (C=S) groups is 1. The Morgan fingerprint density at radius 2 is 1.94 bits per heavy atom. The second kappa shape index (κ2) is 10.9. The van der Waals surface area contributed by atoms with Crippen LogP contribution in [0.1, 0.15) is 52.7 Å². The molecule has 6 nitrogen and oxygen atoms in total. The molecule has 0 aliphatic carbocycles. The number of thiazole rings is 1. The van der Waals surface area contributed by atoms with Crippen LogP contribution in [0.2, 0.25) is 0 Å². The molecule has 0 atom stereocenters. The van der Waals surface area contributed by atoms with Gasteiger partial charge in [0.25, 0.3) is 5.91 Å². The van der Waals surface area contributed by atoms with Crippen LogP contribution in [0, 0.1) is 0 Å². The number of aromatic nitrogens is 1. The molecule has 11 heteroatoms. The van der Waals surface area contributed by atoms with Crippen molar-refractivity contribution in [2.24, 2.45) is 0 Å². The van der Waals surface area contributed by atoms with Crippen molar-refractivity contribution in [1.82, 2.24) is 15.2 Å². The van der Waals surface area contributed by atoms with Crippen LogP contribution in [0.4, 0.5) is 24.5 Å². The Bertz CT molecular complexity index is 1070. The van der Waals surface area contributed by atoms with E-state index in [0.717, 1.165) is 69.0 Å². The lowest BCUT2D eigenvalue weighted by atomic mass is 9.98. The quantitative estimate of drug-likeness (QED) is 0.398. The molecule has 2 saturated heterocycles. The summed E-state index contributed by atoms with van der Waals surface area (Å²) >= 11 is 6.82. The van der Waals surface area contributed by atoms with Crippen LogP contribution in [0.25, 0.3) is 0 Å². The van der Waals surface area contributed by atoms with Gasteiger partial charge in [-0.25, -0.2) is 4.98 Å². The maximum atomic E-state index is 13.3. The van der Waals surface area contributed by atoms with Crippen molar-refractivity contribution in [3.05, 3.63) is 52.5 Å². The fourth-order valence-corrected chi connectivity index (χ4v) is 5.65. The number of carbonyl (C=O) groups excluding carboxylic acids is 1. The monoisotopic (exact) mass is 523 g/mol. The van der Waals surface area contributed by atoms with E-state index in [1.165, 1.54) is 17.4 Å². The molecule has 0 bridgehead atoms. The summed E-state index contributed by atoms with van der Waals surface area (Å²) in [6.45, 7) is 7.38. The minimum absolute atomic E-state index is 0.162. The van der Waals surface area contributed by atoms with E-state index >= 15 is 0 Å². The molecule has 2 aliphatic heterocycles. The molecule has 4 rings (SSSR count). The molecule has 3 heterocycles. The minimum atomic E-state index is -4.49. The highest BCUT2D eigenvalue weighted by Gasteiger charge is 2.32. The van der Waals surface area contributed by atoms with E-state index in [4.69, 9.17) is 12.2 Å². The molecule has 0 saturated carbocycles. The number of hydrogen-bond acceptors (Lipinski definition) is 5. The normalized spacial score (nSPS) is 16.9. The van der Waals surface area contributed by atoms with Gasteiger partial charge in [-0.15, -0.1) is 17.9 Å². The van der Waals surface area contributed by atoms with Crippen molar-refractivity contribution in [2.45, 2.75) is 37.8 Å². The summed E-state index contributed by atoms with van der Waals surface area (Å²) in [5.41, 5.74) is 0.199. The number of hydrogen-bond donors (Lipinski definition) is 2. The number of anilines is 2. The number of nitrogens with one attached hydrogen (secondary N) is 2. The second-order valence-corrected chi connectivity index (χ2v) is 9.96. The molecular formula is C24H28F3N5OS2. The number of alkyl halides is 3. The van der Waals surface area contributed by atoms with E-state index in [1.54, 1.807) is 11.5 Å². The van der Waals surface area contributed by atoms with Crippen molar-refractivity contribution in [1.29, 1.82) is 0 Å². The van der Waals surface area contributed by atoms with E-state index in [0.29, 0.717) is 17.3 Å². The van der Waals surface area contributed by atoms with Gasteiger partial charge in [-0.1, -0.05) is 6.08 Å². The first-order chi connectivity index (χ1) is 16.8. The van der Waals surface area contributed by atoms with Gasteiger partial charge >= 0.3 is 6.18 Å². The van der Waals surface area contributed by atoms with Crippen molar-refractivity contribution >= 4 is 45.9 Å².